The van der Waals surface area contributed by atoms with Gasteiger partial charge in [-0.25, -0.2) is 0 Å². The summed E-state index contributed by atoms with van der Waals surface area (Å²) in [5.41, 5.74) is 1.94. The Bertz CT molecular complexity index is 894. The van der Waals surface area contributed by atoms with E-state index in [1.807, 2.05) is 47.4 Å². The minimum absolute atomic E-state index is 0.00293. The van der Waals surface area contributed by atoms with Crippen LogP contribution >= 0.6 is 0 Å². The first-order chi connectivity index (χ1) is 15.2. The maximum Gasteiger partial charge on any atom is 0.239 e. The summed E-state index contributed by atoms with van der Waals surface area (Å²) in [7, 11) is 1.60. The molecule has 0 bridgehead atoms. The van der Waals surface area contributed by atoms with E-state index < -0.39 is 0 Å². The quantitative estimate of drug-likeness (QED) is 0.775. The summed E-state index contributed by atoms with van der Waals surface area (Å²) < 4.78 is 5.32. The Kier molecular flexibility index (Phi) is 6.87. The Morgan fingerprint density at radius 1 is 0.968 bits per heavy atom. The lowest BCUT2D eigenvalue weighted by Gasteiger charge is -2.35. The maximum absolute atomic E-state index is 13.2. The van der Waals surface area contributed by atoms with Crippen molar-refractivity contribution in [3.63, 3.8) is 0 Å². The minimum atomic E-state index is -0.0852. The highest BCUT2D eigenvalue weighted by Crippen LogP contribution is 2.27. The second-order valence-electron chi connectivity index (χ2n) is 8.40. The van der Waals surface area contributed by atoms with Crippen LogP contribution in [0.15, 0.2) is 54.6 Å². The van der Waals surface area contributed by atoms with Crippen LogP contribution < -0.4 is 10.1 Å². The summed E-state index contributed by atoms with van der Waals surface area (Å²) in [5, 5.41) is 2.99. The number of methoxy groups -OCH3 is 1. The molecule has 2 aliphatic rings. The van der Waals surface area contributed by atoms with Gasteiger partial charge in [-0.3, -0.25) is 14.5 Å². The monoisotopic (exact) mass is 421 g/mol. The minimum Gasteiger partial charge on any atom is -0.495 e. The highest BCUT2D eigenvalue weighted by Gasteiger charge is 2.36. The average molecular weight is 422 g/mol. The van der Waals surface area contributed by atoms with E-state index in [2.05, 4.69) is 22.3 Å². The van der Waals surface area contributed by atoms with Gasteiger partial charge in [0.1, 0.15) is 5.75 Å². The van der Waals surface area contributed by atoms with Crippen molar-refractivity contribution in [2.24, 2.45) is 5.92 Å². The molecule has 1 atom stereocenters. The number of para-hydroxylation sites is 2. The second kappa shape index (κ2) is 9.96. The molecule has 6 nitrogen and oxygen atoms in total. The lowest BCUT2D eigenvalue weighted by molar-refractivity contribution is -0.139. The van der Waals surface area contributed by atoms with E-state index in [9.17, 15) is 9.59 Å². The number of likely N-dealkylation sites (tertiary alicyclic amines) is 2. The Morgan fingerprint density at radius 2 is 1.68 bits per heavy atom. The summed E-state index contributed by atoms with van der Waals surface area (Å²) in [6.07, 6.45) is 3.36. The Hall–Kier alpha value is -2.86. The van der Waals surface area contributed by atoms with Crippen molar-refractivity contribution in [3.05, 3.63) is 60.2 Å². The number of amides is 2. The third kappa shape index (κ3) is 5.07. The number of carbonyl (C=O) groups excluding carboxylic acids is 2. The van der Waals surface area contributed by atoms with Crippen LogP contribution in [0.25, 0.3) is 0 Å². The molecule has 2 saturated heterocycles. The molecule has 1 unspecified atom stereocenters. The van der Waals surface area contributed by atoms with Crippen molar-refractivity contribution in [2.75, 3.05) is 32.1 Å². The molecule has 4 rings (SSSR count). The normalized spacial score (nSPS) is 19.9. The second-order valence-corrected chi connectivity index (χ2v) is 8.40. The van der Waals surface area contributed by atoms with E-state index in [-0.39, 0.29) is 23.8 Å². The van der Waals surface area contributed by atoms with Crippen molar-refractivity contribution < 1.29 is 14.3 Å². The summed E-state index contributed by atoms with van der Waals surface area (Å²) >= 11 is 0. The molecule has 1 N–H and O–H groups in total. The van der Waals surface area contributed by atoms with Crippen LogP contribution in [0.5, 0.6) is 5.75 Å². The van der Waals surface area contributed by atoms with Gasteiger partial charge in [-0.15, -0.1) is 0 Å². The van der Waals surface area contributed by atoms with Gasteiger partial charge < -0.3 is 15.0 Å². The van der Waals surface area contributed by atoms with Crippen molar-refractivity contribution in [3.8, 4) is 5.75 Å². The number of hydrogen-bond acceptors (Lipinski definition) is 4. The predicted molar refractivity (Wildman–Crippen MR) is 121 cm³/mol. The number of hydrogen-bond donors (Lipinski definition) is 1. The smallest absolute Gasteiger partial charge is 0.239 e. The van der Waals surface area contributed by atoms with E-state index in [1.165, 1.54) is 5.56 Å². The third-order valence-electron chi connectivity index (χ3n) is 6.42. The SMILES string of the molecule is COc1ccccc1NC(=O)C1CCN(C(=O)C2CCCN2Cc2ccccc2)CC1. The molecule has 0 aliphatic carbocycles. The number of rotatable bonds is 6. The molecular formula is C25H31N3O3. The zero-order chi connectivity index (χ0) is 21.6. The van der Waals surface area contributed by atoms with Crippen LogP contribution in [0, 0.1) is 5.92 Å². The van der Waals surface area contributed by atoms with Crippen LogP contribution in [-0.2, 0) is 16.1 Å². The molecular weight excluding hydrogens is 390 g/mol. The highest BCUT2D eigenvalue weighted by molar-refractivity contribution is 5.94. The van der Waals surface area contributed by atoms with Gasteiger partial charge in [0.15, 0.2) is 0 Å². The molecule has 0 radical (unpaired) electrons. The first kappa shape index (κ1) is 21.4. The van der Waals surface area contributed by atoms with Gasteiger partial charge in [0.05, 0.1) is 18.8 Å². The van der Waals surface area contributed by atoms with E-state index in [4.69, 9.17) is 4.74 Å². The molecule has 2 aromatic carbocycles. The van der Waals surface area contributed by atoms with E-state index in [0.29, 0.717) is 37.4 Å². The molecule has 6 heteroatoms. The van der Waals surface area contributed by atoms with Gasteiger partial charge in [0.2, 0.25) is 11.8 Å². The first-order valence-electron chi connectivity index (χ1n) is 11.2. The predicted octanol–water partition coefficient (Wildman–Crippen LogP) is 3.54. The van der Waals surface area contributed by atoms with Crippen LogP contribution in [0.4, 0.5) is 5.69 Å². The third-order valence-corrected chi connectivity index (χ3v) is 6.42. The largest absolute Gasteiger partial charge is 0.495 e. The van der Waals surface area contributed by atoms with Gasteiger partial charge in [-0.05, 0) is 49.9 Å². The van der Waals surface area contributed by atoms with E-state index in [1.54, 1.807) is 7.11 Å². The van der Waals surface area contributed by atoms with E-state index in [0.717, 1.165) is 25.9 Å². The molecule has 0 saturated carbocycles. The van der Waals surface area contributed by atoms with Gasteiger partial charge in [-0.2, -0.15) is 0 Å². The fourth-order valence-corrected chi connectivity index (χ4v) is 4.67. The topological polar surface area (TPSA) is 61.9 Å². The lowest BCUT2D eigenvalue weighted by Crippen LogP contribution is -2.49. The van der Waals surface area contributed by atoms with Crippen LogP contribution in [0.3, 0.4) is 0 Å². The number of piperidine rings is 1. The zero-order valence-corrected chi connectivity index (χ0v) is 18.1. The Morgan fingerprint density at radius 3 is 2.42 bits per heavy atom. The van der Waals surface area contributed by atoms with Crippen LogP contribution in [0.1, 0.15) is 31.2 Å². The van der Waals surface area contributed by atoms with Gasteiger partial charge >= 0.3 is 0 Å². The Balaban J connectivity index is 1.30. The molecule has 2 fully saturated rings. The van der Waals surface area contributed by atoms with Crippen molar-refractivity contribution in [2.45, 2.75) is 38.3 Å². The molecule has 164 valence electrons. The Labute approximate surface area is 184 Å². The van der Waals surface area contributed by atoms with Crippen molar-refractivity contribution >= 4 is 17.5 Å². The molecule has 0 spiro atoms. The lowest BCUT2D eigenvalue weighted by atomic mass is 9.95. The molecule has 2 heterocycles. The maximum atomic E-state index is 13.2. The summed E-state index contributed by atoms with van der Waals surface area (Å²) in [6.45, 7) is 3.05. The molecule has 2 aliphatic heterocycles. The summed E-state index contributed by atoms with van der Waals surface area (Å²) in [4.78, 5) is 30.2. The fraction of sp³-hybridized carbons (Fsp3) is 0.440. The molecule has 31 heavy (non-hydrogen) atoms. The summed E-state index contributed by atoms with van der Waals surface area (Å²) in [5.74, 6) is 0.793. The van der Waals surface area contributed by atoms with Crippen molar-refractivity contribution in [1.29, 1.82) is 0 Å². The van der Waals surface area contributed by atoms with Gasteiger partial charge in [-0.1, -0.05) is 42.5 Å². The van der Waals surface area contributed by atoms with Gasteiger partial charge in [0.25, 0.3) is 0 Å². The highest BCUT2D eigenvalue weighted by atomic mass is 16.5. The van der Waals surface area contributed by atoms with Crippen LogP contribution in [-0.4, -0.2) is 54.4 Å². The van der Waals surface area contributed by atoms with Crippen LogP contribution in [0.2, 0.25) is 0 Å². The number of benzene rings is 2. The standard InChI is InChI=1S/C25H31N3O3/c1-31-23-12-6-5-10-21(23)26-24(29)20-13-16-27(17-14-20)25(30)22-11-7-15-28(22)18-19-8-3-2-4-9-19/h2-6,8-10,12,20,22H,7,11,13-18H2,1H3,(H,26,29). The average Bonchev–Trinajstić information content (AvgIpc) is 3.27. The number of carbonyl (C=O) groups is 2. The molecule has 2 amide bonds. The number of nitrogens with one attached hydrogen (secondary N) is 1. The molecule has 0 aromatic heterocycles. The van der Waals surface area contributed by atoms with Crippen molar-refractivity contribution in [1.82, 2.24) is 9.80 Å². The zero-order valence-electron chi connectivity index (χ0n) is 18.1. The number of anilines is 1. The fourth-order valence-electron chi connectivity index (χ4n) is 4.67. The first-order valence-corrected chi connectivity index (χ1v) is 11.2. The molecule has 2 aromatic rings. The number of ether oxygens (including phenoxy) is 1. The van der Waals surface area contributed by atoms with E-state index >= 15 is 0 Å². The summed E-state index contributed by atoms with van der Waals surface area (Å²) in [6, 6.07) is 17.7. The number of nitrogens with zero attached hydrogens (tertiary/aromatic N) is 2. The van der Waals surface area contributed by atoms with Gasteiger partial charge in [0, 0.05) is 25.6 Å².